The van der Waals surface area contributed by atoms with Gasteiger partial charge < -0.3 is 25.1 Å². The van der Waals surface area contributed by atoms with E-state index in [1.807, 2.05) is 18.2 Å². The molecule has 1 fully saturated rings. The number of furan rings is 1. The Morgan fingerprint density at radius 3 is 2.43 bits per heavy atom. The SMILES string of the molecule is CCc1oc(C(=O)N2CCC(NC(=O)Nc3ccccc3)CC2)cc1C(=O)O. The quantitative estimate of drug-likeness (QED) is 0.733. The summed E-state index contributed by atoms with van der Waals surface area (Å²) in [5.74, 6) is -1.09. The van der Waals surface area contributed by atoms with Crippen molar-refractivity contribution in [3.05, 3.63) is 53.5 Å². The first-order chi connectivity index (χ1) is 13.5. The number of nitrogens with zero attached hydrogens (tertiary/aromatic N) is 1. The number of likely N-dealkylation sites (tertiary alicyclic amines) is 1. The monoisotopic (exact) mass is 385 g/mol. The van der Waals surface area contributed by atoms with E-state index in [4.69, 9.17) is 4.42 Å². The Balaban J connectivity index is 1.53. The lowest BCUT2D eigenvalue weighted by Gasteiger charge is -2.31. The average Bonchev–Trinajstić information content (AvgIpc) is 3.13. The highest BCUT2D eigenvalue weighted by Gasteiger charge is 2.28. The van der Waals surface area contributed by atoms with Crippen molar-refractivity contribution in [3.63, 3.8) is 0 Å². The van der Waals surface area contributed by atoms with Gasteiger partial charge in [0.1, 0.15) is 11.3 Å². The van der Waals surface area contributed by atoms with E-state index < -0.39 is 5.97 Å². The molecule has 1 aromatic carbocycles. The summed E-state index contributed by atoms with van der Waals surface area (Å²) in [7, 11) is 0. The first-order valence-electron chi connectivity index (χ1n) is 9.25. The molecule has 1 aliphatic rings. The van der Waals surface area contributed by atoms with Crippen LogP contribution in [0.25, 0.3) is 0 Å². The van der Waals surface area contributed by atoms with Crippen LogP contribution in [0.2, 0.25) is 0 Å². The molecular weight excluding hydrogens is 362 g/mol. The topological polar surface area (TPSA) is 112 Å². The van der Waals surface area contributed by atoms with E-state index in [9.17, 15) is 19.5 Å². The molecule has 8 nitrogen and oxygen atoms in total. The fourth-order valence-corrected chi connectivity index (χ4v) is 3.23. The predicted octanol–water partition coefficient (Wildman–Crippen LogP) is 2.97. The molecule has 3 amide bonds. The van der Waals surface area contributed by atoms with Gasteiger partial charge in [0.15, 0.2) is 5.76 Å². The molecule has 1 saturated heterocycles. The fraction of sp³-hybridized carbons (Fsp3) is 0.350. The van der Waals surface area contributed by atoms with Crippen molar-refractivity contribution in [1.82, 2.24) is 10.2 Å². The first-order valence-corrected chi connectivity index (χ1v) is 9.25. The molecule has 28 heavy (non-hydrogen) atoms. The number of carbonyl (C=O) groups excluding carboxylic acids is 2. The van der Waals surface area contributed by atoms with E-state index in [-0.39, 0.29) is 29.3 Å². The Bertz CT molecular complexity index is 854. The van der Waals surface area contributed by atoms with Crippen LogP contribution >= 0.6 is 0 Å². The average molecular weight is 385 g/mol. The number of aromatic carboxylic acids is 1. The number of para-hydroxylation sites is 1. The second kappa shape index (κ2) is 8.60. The maximum Gasteiger partial charge on any atom is 0.339 e. The Hall–Kier alpha value is -3.29. The summed E-state index contributed by atoms with van der Waals surface area (Å²) in [4.78, 5) is 37.6. The van der Waals surface area contributed by atoms with Crippen molar-refractivity contribution in [3.8, 4) is 0 Å². The molecule has 8 heteroatoms. The van der Waals surface area contributed by atoms with Crippen LogP contribution in [0.1, 0.15) is 46.4 Å². The normalized spacial score (nSPS) is 14.5. The molecule has 0 spiro atoms. The molecule has 3 rings (SSSR count). The van der Waals surface area contributed by atoms with E-state index in [1.165, 1.54) is 6.07 Å². The van der Waals surface area contributed by atoms with Gasteiger partial charge in [-0.15, -0.1) is 0 Å². The van der Waals surface area contributed by atoms with Gasteiger partial charge in [0, 0.05) is 37.3 Å². The van der Waals surface area contributed by atoms with Crippen LogP contribution < -0.4 is 10.6 Å². The molecule has 0 unspecified atom stereocenters. The zero-order valence-electron chi connectivity index (χ0n) is 15.6. The van der Waals surface area contributed by atoms with Gasteiger partial charge >= 0.3 is 12.0 Å². The summed E-state index contributed by atoms with van der Waals surface area (Å²) < 4.78 is 5.45. The number of nitrogens with one attached hydrogen (secondary N) is 2. The number of rotatable bonds is 5. The minimum Gasteiger partial charge on any atom is -0.478 e. The van der Waals surface area contributed by atoms with Crippen molar-refractivity contribution >= 4 is 23.6 Å². The van der Waals surface area contributed by atoms with Crippen LogP contribution in [0.15, 0.2) is 40.8 Å². The molecule has 148 valence electrons. The highest BCUT2D eigenvalue weighted by Crippen LogP contribution is 2.20. The van der Waals surface area contributed by atoms with Gasteiger partial charge in [0.05, 0.1) is 0 Å². The summed E-state index contributed by atoms with van der Waals surface area (Å²) in [6, 6.07) is 10.1. The van der Waals surface area contributed by atoms with Crippen LogP contribution in [0.3, 0.4) is 0 Å². The molecule has 0 radical (unpaired) electrons. The molecular formula is C20H23N3O5. The number of carbonyl (C=O) groups is 3. The molecule has 1 aliphatic heterocycles. The lowest BCUT2D eigenvalue weighted by molar-refractivity contribution is 0.0670. The zero-order chi connectivity index (χ0) is 20.1. The van der Waals surface area contributed by atoms with Crippen molar-refractivity contribution in [2.45, 2.75) is 32.2 Å². The van der Waals surface area contributed by atoms with Gasteiger partial charge in [-0.2, -0.15) is 0 Å². The van der Waals surface area contributed by atoms with Crippen LogP contribution in [-0.2, 0) is 6.42 Å². The summed E-state index contributed by atoms with van der Waals surface area (Å²) in [6.45, 7) is 2.69. The summed E-state index contributed by atoms with van der Waals surface area (Å²) >= 11 is 0. The van der Waals surface area contributed by atoms with Gasteiger partial charge in [0.25, 0.3) is 5.91 Å². The third-order valence-electron chi connectivity index (χ3n) is 4.72. The maximum absolute atomic E-state index is 12.6. The number of hydrogen-bond acceptors (Lipinski definition) is 4. The molecule has 0 saturated carbocycles. The minimum absolute atomic E-state index is 0.0278. The van der Waals surface area contributed by atoms with Crippen LogP contribution in [-0.4, -0.2) is 47.0 Å². The maximum atomic E-state index is 12.6. The van der Waals surface area contributed by atoms with Crippen molar-refractivity contribution < 1.29 is 23.9 Å². The number of anilines is 1. The van der Waals surface area contributed by atoms with Crippen LogP contribution in [0, 0.1) is 0 Å². The summed E-state index contributed by atoms with van der Waals surface area (Å²) in [5.41, 5.74) is 0.742. The second-order valence-corrected chi connectivity index (χ2v) is 6.64. The molecule has 3 N–H and O–H groups in total. The van der Waals surface area contributed by atoms with Gasteiger partial charge in [-0.3, -0.25) is 4.79 Å². The Labute approximate surface area is 162 Å². The number of carboxylic acids is 1. The molecule has 2 aromatic rings. The highest BCUT2D eigenvalue weighted by atomic mass is 16.4. The van der Waals surface area contributed by atoms with E-state index >= 15 is 0 Å². The highest BCUT2D eigenvalue weighted by molar-refractivity contribution is 5.96. The predicted molar refractivity (Wildman–Crippen MR) is 103 cm³/mol. The van der Waals surface area contributed by atoms with Crippen molar-refractivity contribution in [2.75, 3.05) is 18.4 Å². The summed E-state index contributed by atoms with van der Waals surface area (Å²) in [6.07, 6.45) is 1.62. The number of benzene rings is 1. The van der Waals surface area contributed by atoms with Crippen LogP contribution in [0.5, 0.6) is 0 Å². The largest absolute Gasteiger partial charge is 0.478 e. The molecule has 0 aliphatic carbocycles. The Morgan fingerprint density at radius 2 is 1.86 bits per heavy atom. The van der Waals surface area contributed by atoms with E-state index in [1.54, 1.807) is 24.0 Å². The number of piperidine rings is 1. The van der Waals surface area contributed by atoms with E-state index in [0.29, 0.717) is 43.8 Å². The zero-order valence-corrected chi connectivity index (χ0v) is 15.6. The molecule has 2 heterocycles. The first kappa shape index (κ1) is 19.5. The van der Waals surface area contributed by atoms with Crippen molar-refractivity contribution in [1.29, 1.82) is 0 Å². The van der Waals surface area contributed by atoms with Crippen LogP contribution in [0.4, 0.5) is 10.5 Å². The standard InChI is InChI=1S/C20H23N3O5/c1-2-16-15(19(25)26)12-17(28-16)18(24)23-10-8-14(9-11-23)22-20(27)21-13-6-4-3-5-7-13/h3-7,12,14H,2,8-11H2,1H3,(H,25,26)(H2,21,22,27). The number of carboxylic acid groups (broad SMARTS) is 1. The summed E-state index contributed by atoms with van der Waals surface area (Å²) in [5, 5.41) is 14.9. The second-order valence-electron chi connectivity index (χ2n) is 6.64. The van der Waals surface area contributed by atoms with E-state index in [0.717, 1.165) is 0 Å². The number of hydrogen-bond donors (Lipinski definition) is 3. The lowest BCUT2D eigenvalue weighted by Crippen LogP contribution is -2.47. The van der Waals surface area contributed by atoms with Gasteiger partial charge in [-0.05, 0) is 25.0 Å². The Kier molecular flexibility index (Phi) is 5.98. The number of aryl methyl sites for hydroxylation is 1. The Morgan fingerprint density at radius 1 is 1.18 bits per heavy atom. The molecule has 1 aromatic heterocycles. The number of amides is 3. The van der Waals surface area contributed by atoms with E-state index in [2.05, 4.69) is 10.6 Å². The van der Waals surface area contributed by atoms with Crippen molar-refractivity contribution in [2.24, 2.45) is 0 Å². The van der Waals surface area contributed by atoms with Gasteiger partial charge in [-0.25, -0.2) is 9.59 Å². The third kappa shape index (κ3) is 4.51. The van der Waals surface area contributed by atoms with Gasteiger partial charge in [-0.1, -0.05) is 25.1 Å². The smallest absolute Gasteiger partial charge is 0.339 e. The fourth-order valence-electron chi connectivity index (χ4n) is 3.23. The number of urea groups is 1. The molecule has 0 bridgehead atoms. The van der Waals surface area contributed by atoms with Gasteiger partial charge in [0.2, 0.25) is 0 Å². The minimum atomic E-state index is -1.10. The molecule has 0 atom stereocenters. The lowest BCUT2D eigenvalue weighted by atomic mass is 10.0. The third-order valence-corrected chi connectivity index (χ3v) is 4.72.